The molecular weight excluding hydrogens is 494 g/mol. The molecule has 2 aromatic rings. The Morgan fingerprint density at radius 2 is 1.68 bits per heavy atom. The predicted octanol–water partition coefficient (Wildman–Crippen LogP) is 3.78. The van der Waals surface area contributed by atoms with Crippen LogP contribution in [-0.4, -0.2) is 55.7 Å². The summed E-state index contributed by atoms with van der Waals surface area (Å²) < 4.78 is 34.2. The van der Waals surface area contributed by atoms with E-state index in [-0.39, 0.29) is 18.0 Å². The lowest BCUT2D eigenvalue weighted by atomic mass is 10.0. The lowest BCUT2D eigenvalue weighted by Crippen LogP contribution is -2.57. The van der Waals surface area contributed by atoms with Crippen LogP contribution in [0, 0.1) is 17.6 Å². The highest BCUT2D eigenvalue weighted by atomic mass is 19.1. The van der Waals surface area contributed by atoms with Gasteiger partial charge in [-0.15, -0.1) is 0 Å². The number of hydrogen-bond donors (Lipinski definition) is 2. The fraction of sp³-hybridized carbons (Fsp3) is 0.464. The molecule has 0 saturated heterocycles. The summed E-state index contributed by atoms with van der Waals surface area (Å²) in [6, 6.07) is 8.58. The lowest BCUT2D eigenvalue weighted by Gasteiger charge is -2.28. The zero-order valence-electron chi connectivity index (χ0n) is 22.1. The lowest BCUT2D eigenvalue weighted by molar-refractivity contribution is -0.128. The molecule has 8 nitrogen and oxygen atoms in total. The summed E-state index contributed by atoms with van der Waals surface area (Å²) in [5, 5.41) is 5.17. The Kier molecular flexibility index (Phi) is 7.89. The van der Waals surface area contributed by atoms with Crippen LogP contribution in [0.1, 0.15) is 39.2 Å². The largest absolute Gasteiger partial charge is 0.444 e. The minimum atomic E-state index is -1.39. The van der Waals surface area contributed by atoms with Crippen LogP contribution in [0.4, 0.5) is 25.0 Å². The van der Waals surface area contributed by atoms with Crippen molar-refractivity contribution in [2.24, 2.45) is 5.92 Å². The quantitative estimate of drug-likeness (QED) is 0.571. The van der Waals surface area contributed by atoms with Gasteiger partial charge in [0, 0.05) is 32.1 Å². The average molecular weight is 529 g/mol. The number of nitrogens with one attached hydrogen (secondary N) is 2. The van der Waals surface area contributed by atoms with Crippen LogP contribution in [-0.2, 0) is 20.7 Å². The van der Waals surface area contributed by atoms with Crippen LogP contribution in [0.2, 0.25) is 0 Å². The molecule has 2 aromatic carbocycles. The number of alkyl carbamates (subject to hydrolysis) is 1. The minimum Gasteiger partial charge on any atom is -0.444 e. The Morgan fingerprint density at radius 3 is 2.29 bits per heavy atom. The van der Waals surface area contributed by atoms with Crippen LogP contribution in [0.15, 0.2) is 42.5 Å². The zero-order valence-corrected chi connectivity index (χ0v) is 22.1. The van der Waals surface area contributed by atoms with Crippen molar-refractivity contribution in [1.82, 2.24) is 10.6 Å². The minimum absolute atomic E-state index is 0.218. The maximum atomic E-state index is 14.5. The van der Waals surface area contributed by atoms with Crippen molar-refractivity contribution in [1.29, 1.82) is 0 Å². The van der Waals surface area contributed by atoms with E-state index in [0.717, 1.165) is 42.9 Å². The number of fused-ring (bicyclic) bond motifs is 1. The van der Waals surface area contributed by atoms with E-state index >= 15 is 0 Å². The van der Waals surface area contributed by atoms with Gasteiger partial charge in [-0.05, 0) is 63.8 Å². The van der Waals surface area contributed by atoms with Crippen molar-refractivity contribution in [3.05, 3.63) is 59.7 Å². The average Bonchev–Trinajstić information content (AvgIpc) is 3.67. The van der Waals surface area contributed by atoms with Gasteiger partial charge in [-0.2, -0.15) is 0 Å². The normalized spacial score (nSPS) is 18.4. The Labute approximate surface area is 221 Å². The third kappa shape index (κ3) is 6.59. The van der Waals surface area contributed by atoms with E-state index in [1.807, 2.05) is 24.3 Å². The number of anilines is 2. The van der Waals surface area contributed by atoms with Gasteiger partial charge in [0.15, 0.2) is 0 Å². The second-order valence-electron chi connectivity index (χ2n) is 10.9. The first-order valence-corrected chi connectivity index (χ1v) is 12.8. The summed E-state index contributed by atoms with van der Waals surface area (Å²) in [7, 11) is 1.64. The Morgan fingerprint density at radius 1 is 1.05 bits per heavy atom. The van der Waals surface area contributed by atoms with Crippen LogP contribution in [0.5, 0.6) is 0 Å². The number of benzene rings is 2. The van der Waals surface area contributed by atoms with Crippen molar-refractivity contribution >= 4 is 29.3 Å². The number of rotatable bonds is 7. The number of carbonyl (C=O) groups is 3. The molecule has 2 N–H and O–H groups in total. The topological polar surface area (TPSA) is 91.0 Å². The number of ether oxygens (including phenoxy) is 1. The van der Waals surface area contributed by atoms with E-state index < -0.39 is 47.7 Å². The first-order chi connectivity index (χ1) is 17.9. The summed E-state index contributed by atoms with van der Waals surface area (Å²) in [5.74, 6) is -2.25. The Hall–Kier alpha value is -3.69. The van der Waals surface area contributed by atoms with Crippen LogP contribution in [0.3, 0.4) is 0 Å². The van der Waals surface area contributed by atoms with Gasteiger partial charge in [0.1, 0.15) is 29.3 Å². The monoisotopic (exact) mass is 528 g/mol. The predicted molar refractivity (Wildman–Crippen MR) is 140 cm³/mol. The van der Waals surface area contributed by atoms with Gasteiger partial charge in [-0.3, -0.25) is 9.59 Å². The summed E-state index contributed by atoms with van der Waals surface area (Å²) in [4.78, 5) is 43.1. The molecule has 1 aliphatic carbocycles. The van der Waals surface area contributed by atoms with Crippen LogP contribution < -0.4 is 20.4 Å². The fourth-order valence-corrected chi connectivity index (χ4v) is 4.52. The van der Waals surface area contributed by atoms with Gasteiger partial charge in [-0.25, -0.2) is 13.6 Å². The van der Waals surface area contributed by atoms with Crippen LogP contribution >= 0.6 is 0 Å². The summed E-state index contributed by atoms with van der Waals surface area (Å²) in [5.41, 5.74) is 0.412. The zero-order chi connectivity index (χ0) is 27.6. The molecule has 0 unspecified atom stereocenters. The number of amides is 3. The van der Waals surface area contributed by atoms with Gasteiger partial charge in [0.05, 0.1) is 11.4 Å². The number of hydrogen-bond acceptors (Lipinski definition) is 5. The van der Waals surface area contributed by atoms with Crippen molar-refractivity contribution in [2.75, 3.05) is 29.9 Å². The fourth-order valence-electron chi connectivity index (χ4n) is 4.52. The Bertz CT molecular complexity index is 1190. The molecule has 4 rings (SSSR count). The maximum absolute atomic E-state index is 14.5. The standard InChI is InChI=1S/C28H34F2N4O4/c1-28(2,3)38-27(37)32-21(14-18-19(29)8-7-9-20(18)30)25(35)31-22-16-34(15-17-12-13-17)24-11-6-5-10-23(24)33(4)26(22)36/h5-11,17,21-22H,12-16H2,1-4H3,(H,31,35)(H,32,37)/t21-,22-/m1/s1. The number of para-hydroxylation sites is 2. The molecule has 0 bridgehead atoms. The number of halogens is 2. The van der Waals surface area contributed by atoms with Crippen molar-refractivity contribution in [3.8, 4) is 0 Å². The molecule has 2 atom stereocenters. The van der Waals surface area contributed by atoms with Gasteiger partial charge in [0.2, 0.25) is 5.91 Å². The highest BCUT2D eigenvalue weighted by Crippen LogP contribution is 2.36. The van der Waals surface area contributed by atoms with Gasteiger partial charge < -0.3 is 25.2 Å². The molecule has 1 saturated carbocycles. The first kappa shape index (κ1) is 27.3. The summed E-state index contributed by atoms with van der Waals surface area (Å²) in [6.07, 6.45) is 0.832. The van der Waals surface area contributed by atoms with Gasteiger partial charge in [-0.1, -0.05) is 18.2 Å². The maximum Gasteiger partial charge on any atom is 0.408 e. The smallest absolute Gasteiger partial charge is 0.408 e. The molecule has 1 aliphatic heterocycles. The molecule has 0 radical (unpaired) electrons. The second-order valence-corrected chi connectivity index (χ2v) is 10.9. The summed E-state index contributed by atoms with van der Waals surface area (Å²) >= 11 is 0. The molecule has 1 heterocycles. The second kappa shape index (κ2) is 11.0. The highest BCUT2D eigenvalue weighted by Gasteiger charge is 2.37. The van der Waals surface area contributed by atoms with Gasteiger partial charge >= 0.3 is 6.09 Å². The number of nitrogens with zero attached hydrogens (tertiary/aromatic N) is 2. The van der Waals surface area contributed by atoms with E-state index in [4.69, 9.17) is 4.74 Å². The van der Waals surface area contributed by atoms with E-state index in [2.05, 4.69) is 15.5 Å². The number of carbonyl (C=O) groups excluding carboxylic acids is 3. The third-order valence-corrected chi connectivity index (χ3v) is 6.58. The van der Waals surface area contributed by atoms with E-state index in [0.29, 0.717) is 5.92 Å². The molecule has 38 heavy (non-hydrogen) atoms. The van der Waals surface area contributed by atoms with E-state index in [9.17, 15) is 23.2 Å². The molecule has 0 spiro atoms. The van der Waals surface area contributed by atoms with E-state index in [1.54, 1.807) is 27.8 Å². The third-order valence-electron chi connectivity index (χ3n) is 6.58. The molecule has 0 aromatic heterocycles. The molecule has 2 aliphatic rings. The molecule has 1 fully saturated rings. The molecule has 204 valence electrons. The van der Waals surface area contributed by atoms with Gasteiger partial charge in [0.25, 0.3) is 5.91 Å². The summed E-state index contributed by atoms with van der Waals surface area (Å²) in [6.45, 7) is 5.93. The number of likely N-dealkylation sites (N-methyl/N-ethyl adjacent to an activating group) is 1. The van der Waals surface area contributed by atoms with Crippen molar-refractivity contribution in [3.63, 3.8) is 0 Å². The van der Waals surface area contributed by atoms with E-state index in [1.165, 1.54) is 11.0 Å². The molecular formula is C28H34F2N4O4. The first-order valence-electron chi connectivity index (χ1n) is 12.8. The highest BCUT2D eigenvalue weighted by molar-refractivity contribution is 6.03. The molecule has 10 heteroatoms. The van der Waals surface area contributed by atoms with Crippen molar-refractivity contribution < 1.29 is 27.9 Å². The van der Waals surface area contributed by atoms with Crippen molar-refractivity contribution in [2.45, 2.75) is 57.7 Å². The Balaban J connectivity index is 1.59. The molecule has 3 amide bonds. The van der Waals surface area contributed by atoms with Crippen LogP contribution in [0.25, 0.3) is 0 Å². The SMILES string of the molecule is CN1C(=O)[C@H](NC(=O)[C@@H](Cc2c(F)cccc2F)NC(=O)OC(C)(C)C)CN(CC2CC2)c2ccccc21.